The van der Waals surface area contributed by atoms with Gasteiger partial charge in [0.25, 0.3) is 5.91 Å². The van der Waals surface area contributed by atoms with E-state index in [1.165, 1.54) is 22.7 Å². The number of sulfonamides is 1. The SMILES string of the molecule is O=C(c1ccc(S(=O)(=O)N2CCCCC2)cc1)N1CC(c2nc(-c3ccco3)no2)C1. The number of hydrogen-bond acceptors (Lipinski definition) is 7. The summed E-state index contributed by atoms with van der Waals surface area (Å²) in [6.07, 6.45) is 4.37. The number of rotatable bonds is 5. The molecular formula is C21H22N4O5S. The third-order valence-electron chi connectivity index (χ3n) is 5.76. The summed E-state index contributed by atoms with van der Waals surface area (Å²) in [6.45, 7) is 2.03. The molecule has 4 heterocycles. The number of hydrogen-bond donors (Lipinski definition) is 0. The van der Waals surface area contributed by atoms with Crippen LogP contribution in [0.5, 0.6) is 0 Å². The van der Waals surface area contributed by atoms with E-state index in [1.807, 2.05) is 0 Å². The molecule has 1 aromatic carbocycles. The Hall–Kier alpha value is -2.98. The monoisotopic (exact) mass is 442 g/mol. The number of aromatic nitrogens is 2. The van der Waals surface area contributed by atoms with E-state index in [-0.39, 0.29) is 16.7 Å². The third-order valence-corrected chi connectivity index (χ3v) is 7.67. The number of likely N-dealkylation sites (tertiary alicyclic amines) is 1. The van der Waals surface area contributed by atoms with E-state index in [0.29, 0.717) is 49.2 Å². The summed E-state index contributed by atoms with van der Waals surface area (Å²) in [6, 6.07) is 9.69. The van der Waals surface area contributed by atoms with Gasteiger partial charge in [-0.05, 0) is 49.2 Å². The summed E-state index contributed by atoms with van der Waals surface area (Å²) in [5, 5.41) is 3.92. The van der Waals surface area contributed by atoms with E-state index in [1.54, 1.807) is 29.2 Å². The first-order valence-electron chi connectivity index (χ1n) is 10.3. The first kappa shape index (κ1) is 20.0. The summed E-state index contributed by atoms with van der Waals surface area (Å²) in [5.41, 5.74) is 0.456. The largest absolute Gasteiger partial charge is 0.461 e. The fraction of sp³-hybridized carbons (Fsp3) is 0.381. The van der Waals surface area contributed by atoms with Crippen LogP contribution in [0, 0.1) is 0 Å². The summed E-state index contributed by atoms with van der Waals surface area (Å²) in [4.78, 5) is 19.0. The summed E-state index contributed by atoms with van der Waals surface area (Å²) < 4.78 is 37.6. The Morgan fingerprint density at radius 2 is 1.77 bits per heavy atom. The van der Waals surface area contributed by atoms with Crippen molar-refractivity contribution in [1.29, 1.82) is 0 Å². The molecule has 31 heavy (non-hydrogen) atoms. The van der Waals surface area contributed by atoms with Crippen LogP contribution in [0.1, 0.15) is 41.4 Å². The van der Waals surface area contributed by atoms with Crippen LogP contribution in [0.3, 0.4) is 0 Å². The predicted molar refractivity (Wildman–Crippen MR) is 110 cm³/mol. The van der Waals surface area contributed by atoms with Gasteiger partial charge in [-0.1, -0.05) is 11.6 Å². The molecular weight excluding hydrogens is 420 g/mol. The quantitative estimate of drug-likeness (QED) is 0.597. The number of carbonyl (C=O) groups is 1. The van der Waals surface area contributed by atoms with Gasteiger partial charge >= 0.3 is 0 Å². The molecule has 2 aliphatic heterocycles. The summed E-state index contributed by atoms with van der Waals surface area (Å²) >= 11 is 0. The minimum Gasteiger partial charge on any atom is -0.461 e. The second kappa shape index (κ2) is 7.93. The zero-order valence-corrected chi connectivity index (χ0v) is 17.6. The van der Waals surface area contributed by atoms with Gasteiger partial charge in [-0.3, -0.25) is 4.79 Å². The van der Waals surface area contributed by atoms with Crippen molar-refractivity contribution in [3.8, 4) is 11.6 Å². The fourth-order valence-corrected chi connectivity index (χ4v) is 5.43. The van der Waals surface area contributed by atoms with Crippen molar-refractivity contribution < 1.29 is 22.2 Å². The Kier molecular flexibility index (Phi) is 5.11. The van der Waals surface area contributed by atoms with Gasteiger partial charge in [0.05, 0.1) is 17.1 Å². The number of amides is 1. The lowest BCUT2D eigenvalue weighted by Gasteiger charge is -2.37. The van der Waals surface area contributed by atoms with E-state index in [9.17, 15) is 13.2 Å². The van der Waals surface area contributed by atoms with E-state index in [4.69, 9.17) is 8.94 Å². The maximum Gasteiger partial charge on any atom is 0.253 e. The van der Waals surface area contributed by atoms with Crippen molar-refractivity contribution in [2.45, 2.75) is 30.1 Å². The van der Waals surface area contributed by atoms with Crippen LogP contribution in [-0.4, -0.2) is 59.8 Å². The average molecular weight is 442 g/mol. The number of carbonyl (C=O) groups excluding carboxylic acids is 1. The number of piperidine rings is 1. The minimum atomic E-state index is -3.50. The molecule has 1 amide bonds. The molecule has 0 unspecified atom stereocenters. The van der Waals surface area contributed by atoms with Crippen LogP contribution in [0.2, 0.25) is 0 Å². The molecule has 0 saturated carbocycles. The smallest absolute Gasteiger partial charge is 0.253 e. The second-order valence-electron chi connectivity index (χ2n) is 7.83. The standard InChI is InChI=1S/C21H22N4O5S/c26-21(15-6-8-17(9-7-15)31(27,28)25-10-2-1-3-11-25)24-13-16(14-24)20-22-19(23-30-20)18-5-4-12-29-18/h4-9,12,16H,1-3,10-11,13-14H2. The molecule has 0 atom stereocenters. The van der Waals surface area contributed by atoms with Crippen LogP contribution < -0.4 is 0 Å². The Morgan fingerprint density at radius 1 is 1.03 bits per heavy atom. The molecule has 0 radical (unpaired) electrons. The topological polar surface area (TPSA) is 110 Å². The zero-order chi connectivity index (χ0) is 21.4. The van der Waals surface area contributed by atoms with Gasteiger partial charge in [-0.2, -0.15) is 9.29 Å². The Morgan fingerprint density at radius 3 is 2.45 bits per heavy atom. The molecule has 3 aromatic rings. The molecule has 9 nitrogen and oxygen atoms in total. The van der Waals surface area contributed by atoms with Crippen molar-refractivity contribution in [1.82, 2.24) is 19.3 Å². The highest BCUT2D eigenvalue weighted by atomic mass is 32.2. The van der Waals surface area contributed by atoms with Crippen LogP contribution in [-0.2, 0) is 10.0 Å². The normalized spacial score (nSPS) is 18.1. The van der Waals surface area contributed by atoms with Crippen molar-refractivity contribution in [2.75, 3.05) is 26.2 Å². The van der Waals surface area contributed by atoms with Crippen LogP contribution >= 0.6 is 0 Å². The van der Waals surface area contributed by atoms with Crippen molar-refractivity contribution in [2.24, 2.45) is 0 Å². The average Bonchev–Trinajstić information content (AvgIpc) is 3.45. The third kappa shape index (κ3) is 3.77. The zero-order valence-electron chi connectivity index (χ0n) is 16.8. The second-order valence-corrected chi connectivity index (χ2v) is 9.77. The summed E-state index contributed by atoms with van der Waals surface area (Å²) in [7, 11) is -3.50. The molecule has 0 N–H and O–H groups in total. The van der Waals surface area contributed by atoms with Crippen LogP contribution in [0.15, 0.2) is 56.5 Å². The maximum absolute atomic E-state index is 12.8. The Labute approximate surface area is 179 Å². The van der Waals surface area contributed by atoms with Gasteiger partial charge in [0.15, 0.2) is 5.76 Å². The van der Waals surface area contributed by atoms with E-state index >= 15 is 0 Å². The first-order chi connectivity index (χ1) is 15.0. The van der Waals surface area contributed by atoms with E-state index < -0.39 is 10.0 Å². The van der Waals surface area contributed by atoms with Crippen LogP contribution in [0.25, 0.3) is 11.6 Å². The molecule has 5 rings (SSSR count). The minimum absolute atomic E-state index is 0.0288. The first-order valence-corrected chi connectivity index (χ1v) is 11.7. The predicted octanol–water partition coefficient (Wildman–Crippen LogP) is 2.74. The highest BCUT2D eigenvalue weighted by Gasteiger charge is 2.36. The lowest BCUT2D eigenvalue weighted by molar-refractivity contribution is 0.0569. The van der Waals surface area contributed by atoms with Crippen LogP contribution in [0.4, 0.5) is 0 Å². The Balaban J connectivity index is 1.22. The van der Waals surface area contributed by atoms with Gasteiger partial charge in [0.1, 0.15) is 0 Å². The fourth-order valence-electron chi connectivity index (χ4n) is 3.91. The van der Waals surface area contributed by atoms with Crippen molar-refractivity contribution >= 4 is 15.9 Å². The summed E-state index contributed by atoms with van der Waals surface area (Å²) in [5.74, 6) is 1.21. The van der Waals surface area contributed by atoms with Gasteiger partial charge in [0, 0.05) is 31.7 Å². The van der Waals surface area contributed by atoms with Crippen molar-refractivity contribution in [3.63, 3.8) is 0 Å². The highest BCUT2D eigenvalue weighted by Crippen LogP contribution is 2.29. The molecule has 2 fully saturated rings. The highest BCUT2D eigenvalue weighted by molar-refractivity contribution is 7.89. The van der Waals surface area contributed by atoms with Gasteiger partial charge < -0.3 is 13.8 Å². The molecule has 0 bridgehead atoms. The number of furan rings is 1. The number of nitrogens with zero attached hydrogens (tertiary/aromatic N) is 4. The lowest BCUT2D eigenvalue weighted by Crippen LogP contribution is -2.48. The van der Waals surface area contributed by atoms with Gasteiger partial charge in [-0.25, -0.2) is 8.42 Å². The van der Waals surface area contributed by atoms with Gasteiger partial charge in [-0.15, -0.1) is 0 Å². The Bertz CT molecular complexity index is 1160. The molecule has 10 heteroatoms. The molecule has 0 spiro atoms. The number of benzene rings is 1. The molecule has 162 valence electrons. The lowest BCUT2D eigenvalue weighted by atomic mass is 9.99. The molecule has 2 aliphatic rings. The molecule has 0 aliphatic carbocycles. The van der Waals surface area contributed by atoms with E-state index in [0.717, 1.165) is 19.3 Å². The van der Waals surface area contributed by atoms with E-state index in [2.05, 4.69) is 10.1 Å². The van der Waals surface area contributed by atoms with Gasteiger partial charge in [0.2, 0.25) is 21.7 Å². The van der Waals surface area contributed by atoms with Crippen molar-refractivity contribution in [3.05, 3.63) is 54.1 Å². The maximum atomic E-state index is 12.8. The molecule has 2 aromatic heterocycles. The molecule has 2 saturated heterocycles.